The Morgan fingerprint density at radius 3 is 2.47 bits per heavy atom. The molecule has 2 heterocycles. The number of amides is 1. The average Bonchev–Trinajstić information content (AvgIpc) is 2.39. The Balaban J connectivity index is 1.92. The lowest BCUT2D eigenvalue weighted by Gasteiger charge is -2.33. The van der Waals surface area contributed by atoms with Crippen LogP contribution in [0, 0.1) is 0 Å². The van der Waals surface area contributed by atoms with Gasteiger partial charge in [-0.05, 0) is 12.1 Å². The van der Waals surface area contributed by atoms with Crippen molar-refractivity contribution in [3.63, 3.8) is 0 Å². The van der Waals surface area contributed by atoms with Crippen molar-refractivity contribution in [3.8, 4) is 0 Å². The molecule has 1 aromatic rings. The van der Waals surface area contributed by atoms with Crippen LogP contribution in [-0.4, -0.2) is 64.5 Å². The van der Waals surface area contributed by atoms with Gasteiger partial charge in [0, 0.05) is 32.4 Å². The van der Waals surface area contributed by atoms with E-state index in [9.17, 15) is 9.59 Å². The molecule has 1 amide bonds. The van der Waals surface area contributed by atoms with Crippen molar-refractivity contribution in [1.82, 2.24) is 14.8 Å². The van der Waals surface area contributed by atoms with Crippen LogP contribution in [0.25, 0.3) is 0 Å². The Kier molecular flexibility index (Phi) is 4.34. The van der Waals surface area contributed by atoms with E-state index in [2.05, 4.69) is 4.98 Å². The highest BCUT2D eigenvalue weighted by Crippen LogP contribution is 2.10. The standard InChI is InChI=1S/C12H14ClN3O3/c13-9-1-2-10(14-7-9)12(19)16-5-3-15(4-6-16)8-11(17)18/h1-2,7H,3-6,8H2,(H,17,18). The minimum Gasteiger partial charge on any atom is -0.480 e. The molecule has 1 fully saturated rings. The highest BCUT2D eigenvalue weighted by atomic mass is 35.5. The lowest BCUT2D eigenvalue weighted by molar-refractivity contribution is -0.138. The minimum absolute atomic E-state index is 0.0151. The first-order valence-electron chi connectivity index (χ1n) is 5.91. The zero-order valence-electron chi connectivity index (χ0n) is 10.3. The normalized spacial score (nSPS) is 16.4. The second kappa shape index (κ2) is 5.99. The number of halogens is 1. The van der Waals surface area contributed by atoms with E-state index in [-0.39, 0.29) is 12.5 Å². The van der Waals surface area contributed by atoms with E-state index in [1.165, 1.54) is 6.20 Å². The molecule has 1 aliphatic rings. The van der Waals surface area contributed by atoms with Gasteiger partial charge < -0.3 is 10.0 Å². The van der Waals surface area contributed by atoms with Crippen molar-refractivity contribution >= 4 is 23.5 Å². The summed E-state index contributed by atoms with van der Waals surface area (Å²) in [5.74, 6) is -0.995. The third-order valence-corrected chi connectivity index (χ3v) is 3.19. The molecule has 1 saturated heterocycles. The van der Waals surface area contributed by atoms with Crippen LogP contribution in [0.3, 0.4) is 0 Å². The summed E-state index contributed by atoms with van der Waals surface area (Å²) in [6, 6.07) is 3.22. The first-order valence-corrected chi connectivity index (χ1v) is 6.29. The second-order valence-electron chi connectivity index (χ2n) is 4.32. The number of carboxylic acid groups (broad SMARTS) is 1. The van der Waals surface area contributed by atoms with Gasteiger partial charge in [-0.3, -0.25) is 14.5 Å². The molecular formula is C12H14ClN3O3. The van der Waals surface area contributed by atoms with Crippen LogP contribution >= 0.6 is 11.6 Å². The molecule has 1 N–H and O–H groups in total. The first-order chi connectivity index (χ1) is 9.06. The van der Waals surface area contributed by atoms with Gasteiger partial charge in [-0.2, -0.15) is 0 Å². The summed E-state index contributed by atoms with van der Waals surface area (Å²) in [7, 11) is 0. The maximum Gasteiger partial charge on any atom is 0.317 e. The maximum absolute atomic E-state index is 12.1. The van der Waals surface area contributed by atoms with E-state index in [1.807, 2.05) is 0 Å². The zero-order chi connectivity index (χ0) is 13.8. The smallest absolute Gasteiger partial charge is 0.317 e. The Bertz CT molecular complexity index is 470. The molecule has 1 aliphatic heterocycles. The van der Waals surface area contributed by atoms with E-state index < -0.39 is 5.97 Å². The van der Waals surface area contributed by atoms with Gasteiger partial charge in [0.2, 0.25) is 0 Å². The minimum atomic E-state index is -0.848. The van der Waals surface area contributed by atoms with E-state index in [4.69, 9.17) is 16.7 Å². The molecule has 19 heavy (non-hydrogen) atoms. The molecule has 0 saturated carbocycles. The summed E-state index contributed by atoms with van der Waals surface area (Å²) in [6.45, 7) is 2.16. The molecule has 0 bridgehead atoms. The molecule has 2 rings (SSSR count). The fourth-order valence-corrected chi connectivity index (χ4v) is 2.08. The van der Waals surface area contributed by atoms with E-state index in [0.29, 0.717) is 36.9 Å². The molecule has 0 atom stereocenters. The summed E-state index contributed by atoms with van der Waals surface area (Å²) in [4.78, 5) is 30.2. The van der Waals surface area contributed by atoms with Gasteiger partial charge in [0.15, 0.2) is 0 Å². The third-order valence-electron chi connectivity index (χ3n) is 2.96. The van der Waals surface area contributed by atoms with E-state index in [0.717, 1.165) is 0 Å². The molecule has 7 heteroatoms. The number of pyridine rings is 1. The van der Waals surface area contributed by atoms with Crippen molar-refractivity contribution < 1.29 is 14.7 Å². The SMILES string of the molecule is O=C(O)CN1CCN(C(=O)c2ccc(Cl)cn2)CC1. The highest BCUT2D eigenvalue weighted by molar-refractivity contribution is 6.30. The largest absolute Gasteiger partial charge is 0.480 e. The van der Waals surface area contributed by atoms with Crippen LogP contribution in [0.4, 0.5) is 0 Å². The molecule has 1 aromatic heterocycles. The predicted octanol–water partition coefficient (Wildman–Crippen LogP) is 0.577. The molecular weight excluding hydrogens is 270 g/mol. The van der Waals surface area contributed by atoms with Gasteiger partial charge in [-0.1, -0.05) is 11.6 Å². The van der Waals surface area contributed by atoms with Crippen molar-refractivity contribution in [1.29, 1.82) is 0 Å². The third kappa shape index (κ3) is 3.65. The van der Waals surface area contributed by atoms with E-state index in [1.54, 1.807) is 21.9 Å². The Labute approximate surface area is 115 Å². The number of carboxylic acids is 1. The molecule has 0 spiro atoms. The van der Waals surface area contributed by atoms with Gasteiger partial charge in [0.1, 0.15) is 5.69 Å². The summed E-state index contributed by atoms with van der Waals surface area (Å²) in [5, 5.41) is 9.19. The van der Waals surface area contributed by atoms with Crippen LogP contribution in [0.15, 0.2) is 18.3 Å². The number of carbonyl (C=O) groups excluding carboxylic acids is 1. The maximum atomic E-state index is 12.1. The van der Waals surface area contributed by atoms with Crippen molar-refractivity contribution in [2.75, 3.05) is 32.7 Å². The van der Waals surface area contributed by atoms with Gasteiger partial charge in [0.25, 0.3) is 5.91 Å². The molecule has 0 radical (unpaired) electrons. The van der Waals surface area contributed by atoms with Crippen molar-refractivity contribution in [2.45, 2.75) is 0 Å². The number of hydrogen-bond acceptors (Lipinski definition) is 4. The average molecular weight is 284 g/mol. The highest BCUT2D eigenvalue weighted by Gasteiger charge is 2.23. The molecule has 0 aromatic carbocycles. The Morgan fingerprint density at radius 2 is 1.95 bits per heavy atom. The Morgan fingerprint density at radius 1 is 1.26 bits per heavy atom. The lowest BCUT2D eigenvalue weighted by Crippen LogP contribution is -2.50. The second-order valence-corrected chi connectivity index (χ2v) is 4.76. The number of carbonyl (C=O) groups is 2. The fraction of sp³-hybridized carbons (Fsp3) is 0.417. The first kappa shape index (κ1) is 13.8. The number of rotatable bonds is 3. The number of aliphatic carboxylic acids is 1. The van der Waals surface area contributed by atoms with Crippen molar-refractivity contribution in [2.24, 2.45) is 0 Å². The quantitative estimate of drug-likeness (QED) is 0.878. The monoisotopic (exact) mass is 283 g/mol. The number of aromatic nitrogens is 1. The molecule has 102 valence electrons. The molecule has 0 aliphatic carbocycles. The fourth-order valence-electron chi connectivity index (χ4n) is 1.96. The van der Waals surface area contributed by atoms with E-state index >= 15 is 0 Å². The molecule has 0 unspecified atom stereocenters. The Hall–Kier alpha value is -1.66. The van der Waals surface area contributed by atoms with Crippen LogP contribution in [0.2, 0.25) is 5.02 Å². The summed E-state index contributed by atoms with van der Waals surface area (Å²) in [5.41, 5.74) is 0.357. The van der Waals surface area contributed by atoms with Crippen LogP contribution in [-0.2, 0) is 4.79 Å². The topological polar surface area (TPSA) is 73.7 Å². The summed E-state index contributed by atoms with van der Waals surface area (Å²) >= 11 is 5.72. The van der Waals surface area contributed by atoms with Crippen molar-refractivity contribution in [3.05, 3.63) is 29.0 Å². The summed E-state index contributed by atoms with van der Waals surface area (Å²) in [6.07, 6.45) is 1.44. The van der Waals surface area contributed by atoms with Crippen LogP contribution in [0.5, 0.6) is 0 Å². The number of nitrogens with zero attached hydrogens (tertiary/aromatic N) is 3. The molecule has 6 nitrogen and oxygen atoms in total. The number of hydrogen-bond donors (Lipinski definition) is 1. The van der Waals surface area contributed by atoms with Crippen LogP contribution in [0.1, 0.15) is 10.5 Å². The van der Waals surface area contributed by atoms with Gasteiger partial charge in [0.05, 0.1) is 11.6 Å². The predicted molar refractivity (Wildman–Crippen MR) is 69.2 cm³/mol. The lowest BCUT2D eigenvalue weighted by atomic mass is 10.2. The summed E-state index contributed by atoms with van der Waals surface area (Å²) < 4.78 is 0. The zero-order valence-corrected chi connectivity index (χ0v) is 11.0. The van der Waals surface area contributed by atoms with Gasteiger partial charge in [-0.25, -0.2) is 4.98 Å². The number of piperazine rings is 1. The van der Waals surface area contributed by atoms with Crippen LogP contribution < -0.4 is 0 Å². The van der Waals surface area contributed by atoms with Gasteiger partial charge >= 0.3 is 5.97 Å². The van der Waals surface area contributed by atoms with Gasteiger partial charge in [-0.15, -0.1) is 0 Å².